The molecule has 1 unspecified atom stereocenters. The van der Waals surface area contributed by atoms with Gasteiger partial charge in [0.1, 0.15) is 0 Å². The zero-order valence-electron chi connectivity index (χ0n) is 18.1. The summed E-state index contributed by atoms with van der Waals surface area (Å²) in [6, 6.07) is 10.5. The summed E-state index contributed by atoms with van der Waals surface area (Å²) in [5.74, 6) is 1.81. The molecule has 0 amide bonds. The van der Waals surface area contributed by atoms with E-state index >= 15 is 0 Å². The van der Waals surface area contributed by atoms with Crippen LogP contribution >= 0.6 is 24.0 Å². The predicted octanol–water partition coefficient (Wildman–Crippen LogP) is 3.24. The summed E-state index contributed by atoms with van der Waals surface area (Å²) in [5, 5.41) is 3.51. The molecule has 29 heavy (non-hydrogen) atoms. The van der Waals surface area contributed by atoms with Crippen LogP contribution in [0.3, 0.4) is 0 Å². The summed E-state index contributed by atoms with van der Waals surface area (Å²) in [6.45, 7) is 11.8. The Hall–Kier alpha value is -1.12. The van der Waals surface area contributed by atoms with E-state index in [0.717, 1.165) is 51.8 Å². The summed E-state index contributed by atoms with van der Waals surface area (Å²) in [7, 11) is 2.23. The quantitative estimate of drug-likeness (QED) is 0.362. The van der Waals surface area contributed by atoms with E-state index in [-0.39, 0.29) is 24.0 Å². The van der Waals surface area contributed by atoms with Gasteiger partial charge in [0.15, 0.2) is 5.96 Å². The predicted molar refractivity (Wildman–Crippen MR) is 135 cm³/mol. The standard InChI is InChI=1S/C23H37N5.HI/c1-3-24-23(25-19-22-12-7-13-26(2)20-22)28-17-15-27(16-18-28)14-8-11-21-9-5-4-6-10-21;/h4-6,8-11,22H,3,7,12-20H2,1-2H3,(H,24,25);1H/b11-8+;. The number of piperazine rings is 1. The van der Waals surface area contributed by atoms with E-state index < -0.39 is 0 Å². The molecule has 2 aliphatic heterocycles. The molecule has 2 fully saturated rings. The highest BCUT2D eigenvalue weighted by atomic mass is 127. The van der Waals surface area contributed by atoms with Crippen molar-refractivity contribution >= 4 is 36.0 Å². The molecule has 2 heterocycles. The molecular weight excluding hydrogens is 473 g/mol. The van der Waals surface area contributed by atoms with E-state index in [1.165, 1.54) is 31.5 Å². The van der Waals surface area contributed by atoms with Crippen molar-refractivity contribution in [3.05, 3.63) is 42.0 Å². The number of aliphatic imine (C=N–C) groups is 1. The molecule has 3 rings (SSSR count). The van der Waals surface area contributed by atoms with Gasteiger partial charge in [0.2, 0.25) is 0 Å². The number of hydrogen-bond donors (Lipinski definition) is 1. The molecule has 6 heteroatoms. The smallest absolute Gasteiger partial charge is 0.194 e. The Bertz CT molecular complexity index is 625. The lowest BCUT2D eigenvalue weighted by Crippen LogP contribution is -2.52. The van der Waals surface area contributed by atoms with Crippen LogP contribution in [0.2, 0.25) is 0 Å². The van der Waals surface area contributed by atoms with Gasteiger partial charge in [0.25, 0.3) is 0 Å². The molecule has 0 radical (unpaired) electrons. The maximum atomic E-state index is 4.99. The number of piperidine rings is 1. The van der Waals surface area contributed by atoms with Gasteiger partial charge in [0.05, 0.1) is 0 Å². The number of benzene rings is 1. The van der Waals surface area contributed by atoms with E-state index in [1.807, 2.05) is 0 Å². The Morgan fingerprint density at radius 2 is 1.90 bits per heavy atom. The summed E-state index contributed by atoms with van der Waals surface area (Å²) < 4.78 is 0. The Kier molecular flexibility index (Phi) is 11.0. The summed E-state index contributed by atoms with van der Waals surface area (Å²) in [5.41, 5.74) is 1.27. The Morgan fingerprint density at radius 3 is 2.59 bits per heavy atom. The number of likely N-dealkylation sites (tertiary alicyclic amines) is 1. The van der Waals surface area contributed by atoms with Gasteiger partial charge >= 0.3 is 0 Å². The van der Waals surface area contributed by atoms with Crippen molar-refractivity contribution in [1.82, 2.24) is 20.0 Å². The number of hydrogen-bond acceptors (Lipinski definition) is 3. The van der Waals surface area contributed by atoms with Crippen LogP contribution in [0.4, 0.5) is 0 Å². The van der Waals surface area contributed by atoms with Gasteiger partial charge in [-0.3, -0.25) is 9.89 Å². The fourth-order valence-electron chi connectivity index (χ4n) is 4.11. The molecule has 162 valence electrons. The topological polar surface area (TPSA) is 34.1 Å². The van der Waals surface area contributed by atoms with Crippen molar-refractivity contribution in [3.63, 3.8) is 0 Å². The van der Waals surface area contributed by atoms with Crippen molar-refractivity contribution in [2.24, 2.45) is 10.9 Å². The lowest BCUT2D eigenvalue weighted by Gasteiger charge is -2.36. The van der Waals surface area contributed by atoms with E-state index in [0.29, 0.717) is 5.92 Å². The molecule has 0 bridgehead atoms. The Balaban J connectivity index is 0.00000300. The normalized spacial score (nSPS) is 21.9. The maximum Gasteiger partial charge on any atom is 0.194 e. The molecule has 0 aliphatic carbocycles. The molecular formula is C23H38IN5. The minimum Gasteiger partial charge on any atom is -0.357 e. The first kappa shape index (κ1) is 24.2. The molecule has 1 N–H and O–H groups in total. The van der Waals surface area contributed by atoms with Gasteiger partial charge < -0.3 is 15.1 Å². The number of halogens is 1. The summed E-state index contributed by atoms with van der Waals surface area (Å²) >= 11 is 0. The van der Waals surface area contributed by atoms with Gasteiger partial charge in [-0.2, -0.15) is 0 Å². The Labute approximate surface area is 194 Å². The molecule has 0 saturated carbocycles. The molecule has 0 spiro atoms. The van der Waals surface area contributed by atoms with Crippen molar-refractivity contribution in [2.75, 3.05) is 66.0 Å². The third-order valence-electron chi connectivity index (χ3n) is 5.70. The molecule has 2 aliphatic rings. The second-order valence-electron chi connectivity index (χ2n) is 8.07. The fraction of sp³-hybridized carbons (Fsp3) is 0.609. The highest BCUT2D eigenvalue weighted by Gasteiger charge is 2.20. The van der Waals surface area contributed by atoms with Crippen LogP contribution < -0.4 is 5.32 Å². The third kappa shape index (κ3) is 8.26. The van der Waals surface area contributed by atoms with Crippen LogP contribution in [0.25, 0.3) is 6.08 Å². The van der Waals surface area contributed by atoms with Gasteiger partial charge in [-0.25, -0.2) is 0 Å². The van der Waals surface area contributed by atoms with Crippen LogP contribution in [0.15, 0.2) is 41.4 Å². The number of guanidine groups is 1. The SMILES string of the molecule is CCNC(=NCC1CCCN(C)C1)N1CCN(C/C=C/c2ccccc2)CC1.I. The minimum absolute atomic E-state index is 0. The largest absolute Gasteiger partial charge is 0.357 e. The highest BCUT2D eigenvalue weighted by Crippen LogP contribution is 2.15. The van der Waals surface area contributed by atoms with Crippen LogP contribution in [-0.2, 0) is 0 Å². The van der Waals surface area contributed by atoms with Gasteiger partial charge in [-0.15, -0.1) is 24.0 Å². The third-order valence-corrected chi connectivity index (χ3v) is 5.70. The van der Waals surface area contributed by atoms with Crippen LogP contribution in [0, 0.1) is 5.92 Å². The van der Waals surface area contributed by atoms with Gasteiger partial charge in [-0.1, -0.05) is 42.5 Å². The lowest BCUT2D eigenvalue weighted by molar-refractivity contribution is 0.192. The van der Waals surface area contributed by atoms with Crippen LogP contribution in [0.1, 0.15) is 25.3 Å². The van der Waals surface area contributed by atoms with E-state index in [4.69, 9.17) is 4.99 Å². The van der Waals surface area contributed by atoms with Crippen molar-refractivity contribution < 1.29 is 0 Å². The average molecular weight is 511 g/mol. The zero-order valence-corrected chi connectivity index (χ0v) is 20.4. The average Bonchev–Trinajstić information content (AvgIpc) is 2.73. The molecule has 0 aromatic heterocycles. The number of nitrogens with one attached hydrogen (secondary N) is 1. The highest BCUT2D eigenvalue weighted by molar-refractivity contribution is 14.0. The lowest BCUT2D eigenvalue weighted by atomic mass is 9.99. The first-order valence-electron chi connectivity index (χ1n) is 10.9. The van der Waals surface area contributed by atoms with Crippen molar-refractivity contribution in [1.29, 1.82) is 0 Å². The number of rotatable bonds is 6. The van der Waals surface area contributed by atoms with Gasteiger partial charge in [0, 0.05) is 52.4 Å². The summed E-state index contributed by atoms with van der Waals surface area (Å²) in [4.78, 5) is 12.4. The first-order chi connectivity index (χ1) is 13.7. The second kappa shape index (κ2) is 13.2. The molecule has 2 saturated heterocycles. The van der Waals surface area contributed by atoms with E-state index in [1.54, 1.807) is 0 Å². The minimum atomic E-state index is 0. The molecule has 1 aromatic rings. The molecule has 1 atom stereocenters. The van der Waals surface area contributed by atoms with Gasteiger partial charge in [-0.05, 0) is 44.8 Å². The van der Waals surface area contributed by atoms with Crippen molar-refractivity contribution in [3.8, 4) is 0 Å². The molecule has 1 aromatic carbocycles. The van der Waals surface area contributed by atoms with Crippen molar-refractivity contribution in [2.45, 2.75) is 19.8 Å². The zero-order chi connectivity index (χ0) is 19.6. The monoisotopic (exact) mass is 511 g/mol. The van der Waals surface area contributed by atoms with Crippen LogP contribution in [0.5, 0.6) is 0 Å². The summed E-state index contributed by atoms with van der Waals surface area (Å²) in [6.07, 6.45) is 7.13. The fourth-order valence-corrected chi connectivity index (χ4v) is 4.11. The van der Waals surface area contributed by atoms with Crippen LogP contribution in [-0.4, -0.2) is 86.6 Å². The van der Waals surface area contributed by atoms with E-state index in [9.17, 15) is 0 Å². The van der Waals surface area contributed by atoms with E-state index in [2.05, 4.69) is 76.5 Å². The molecule has 5 nitrogen and oxygen atoms in total. The Morgan fingerprint density at radius 1 is 1.14 bits per heavy atom. The maximum absolute atomic E-state index is 4.99. The second-order valence-corrected chi connectivity index (χ2v) is 8.07. The first-order valence-corrected chi connectivity index (χ1v) is 10.9. The number of nitrogens with zero attached hydrogens (tertiary/aromatic N) is 4.